The quantitative estimate of drug-likeness (QED) is 0.545. The van der Waals surface area contributed by atoms with Crippen LogP contribution in [-0.4, -0.2) is 41.8 Å². The Morgan fingerprint density at radius 2 is 1.79 bits per heavy atom. The number of imide groups is 1. The van der Waals surface area contributed by atoms with Crippen LogP contribution in [0.4, 0.5) is 11.4 Å². The number of halogens is 2. The van der Waals surface area contributed by atoms with Gasteiger partial charge in [0.1, 0.15) is 6.04 Å². The van der Waals surface area contributed by atoms with Crippen LogP contribution < -0.4 is 10.2 Å². The summed E-state index contributed by atoms with van der Waals surface area (Å²) in [5.74, 6) is -0.797. The Labute approximate surface area is 175 Å². The van der Waals surface area contributed by atoms with Crippen molar-refractivity contribution in [2.75, 3.05) is 23.3 Å². The molecule has 1 fully saturated rings. The van der Waals surface area contributed by atoms with Gasteiger partial charge in [-0.15, -0.1) is 0 Å². The summed E-state index contributed by atoms with van der Waals surface area (Å²) >= 11 is 12.6. The molecule has 8 heteroatoms. The molecule has 1 aromatic rings. The molecular weight excluding hydrogens is 401 g/mol. The first-order valence-corrected chi connectivity index (χ1v) is 9.95. The number of nitrogens with zero attached hydrogens (tertiary/aromatic N) is 2. The summed E-state index contributed by atoms with van der Waals surface area (Å²) in [4.78, 5) is 40.4. The fourth-order valence-electron chi connectivity index (χ4n) is 3.11. The third-order valence-corrected chi connectivity index (χ3v) is 5.35. The molecule has 0 bridgehead atoms. The zero-order valence-electron chi connectivity index (χ0n) is 16.7. The predicted molar refractivity (Wildman–Crippen MR) is 113 cm³/mol. The smallest absolute Gasteiger partial charge is 0.261 e. The topological polar surface area (TPSA) is 69.7 Å². The minimum absolute atomic E-state index is 0.0414. The standard InChI is InChI=1S/C20H25Cl2N3O3/c1-6-24(7-2)19(27)12(5)23-16-10-17(15(22)9-14(16)21)25-18(26)8-13(11(3)4)20(25)28/h9-10,12,23H,6-8H2,1-5H3. The van der Waals surface area contributed by atoms with Crippen molar-refractivity contribution in [1.29, 1.82) is 0 Å². The third-order valence-electron chi connectivity index (χ3n) is 4.74. The van der Waals surface area contributed by atoms with Crippen molar-refractivity contribution in [2.45, 2.75) is 47.1 Å². The van der Waals surface area contributed by atoms with E-state index in [9.17, 15) is 14.4 Å². The van der Waals surface area contributed by atoms with Crippen LogP contribution in [0.25, 0.3) is 0 Å². The fourth-order valence-corrected chi connectivity index (χ4v) is 3.63. The van der Waals surface area contributed by atoms with Gasteiger partial charge in [-0.25, -0.2) is 4.90 Å². The van der Waals surface area contributed by atoms with Gasteiger partial charge in [0.05, 0.1) is 27.8 Å². The normalized spacial score (nSPS) is 15.1. The van der Waals surface area contributed by atoms with E-state index in [1.807, 2.05) is 13.8 Å². The zero-order chi connectivity index (χ0) is 21.2. The molecule has 0 radical (unpaired) electrons. The van der Waals surface area contributed by atoms with Crippen LogP contribution in [0.5, 0.6) is 0 Å². The first-order chi connectivity index (χ1) is 13.1. The summed E-state index contributed by atoms with van der Waals surface area (Å²) in [6, 6.07) is 2.47. The van der Waals surface area contributed by atoms with Crippen LogP contribution in [-0.2, 0) is 14.4 Å². The van der Waals surface area contributed by atoms with E-state index in [1.165, 1.54) is 6.07 Å². The molecule has 152 valence electrons. The van der Waals surface area contributed by atoms with Crippen LogP contribution in [0.2, 0.25) is 10.0 Å². The second kappa shape index (κ2) is 8.97. The number of likely N-dealkylation sites (N-methyl/N-ethyl adjacent to an activating group) is 1. The van der Waals surface area contributed by atoms with Gasteiger partial charge in [-0.05, 0) is 46.8 Å². The lowest BCUT2D eigenvalue weighted by atomic mass is 10.1. The van der Waals surface area contributed by atoms with E-state index < -0.39 is 6.04 Å². The van der Waals surface area contributed by atoms with Crippen molar-refractivity contribution in [2.24, 2.45) is 0 Å². The number of rotatable bonds is 6. The molecule has 1 saturated heterocycles. The predicted octanol–water partition coefficient (Wildman–Crippen LogP) is 4.26. The van der Waals surface area contributed by atoms with E-state index in [2.05, 4.69) is 5.32 Å². The average molecular weight is 426 g/mol. The Balaban J connectivity index is 2.38. The van der Waals surface area contributed by atoms with Crippen LogP contribution in [0.3, 0.4) is 0 Å². The highest BCUT2D eigenvalue weighted by Crippen LogP contribution is 2.38. The Morgan fingerprint density at radius 3 is 2.29 bits per heavy atom. The molecule has 1 N–H and O–H groups in total. The van der Waals surface area contributed by atoms with E-state index in [0.29, 0.717) is 29.4 Å². The average Bonchev–Trinajstić information content (AvgIpc) is 2.93. The van der Waals surface area contributed by atoms with E-state index in [-0.39, 0.29) is 34.9 Å². The maximum atomic E-state index is 12.7. The zero-order valence-corrected chi connectivity index (χ0v) is 18.2. The van der Waals surface area contributed by atoms with Gasteiger partial charge < -0.3 is 10.2 Å². The summed E-state index contributed by atoms with van der Waals surface area (Å²) in [6.07, 6.45) is 0.0414. The van der Waals surface area contributed by atoms with E-state index >= 15 is 0 Å². The fraction of sp³-hybridized carbons (Fsp3) is 0.450. The lowest BCUT2D eigenvalue weighted by Gasteiger charge is -2.25. The van der Waals surface area contributed by atoms with Gasteiger partial charge >= 0.3 is 0 Å². The Bertz CT molecular complexity index is 843. The molecule has 1 aliphatic heterocycles. The Morgan fingerprint density at radius 1 is 1.18 bits per heavy atom. The highest BCUT2D eigenvalue weighted by molar-refractivity contribution is 6.40. The molecule has 0 saturated carbocycles. The van der Waals surface area contributed by atoms with Crippen molar-refractivity contribution in [3.05, 3.63) is 33.3 Å². The summed E-state index contributed by atoms with van der Waals surface area (Å²) in [5.41, 5.74) is 1.95. The van der Waals surface area contributed by atoms with Crippen molar-refractivity contribution >= 4 is 52.3 Å². The molecule has 28 heavy (non-hydrogen) atoms. The van der Waals surface area contributed by atoms with E-state index in [4.69, 9.17) is 23.2 Å². The number of carbonyl (C=O) groups excluding carboxylic acids is 3. The largest absolute Gasteiger partial charge is 0.373 e. The van der Waals surface area contributed by atoms with E-state index in [0.717, 1.165) is 10.5 Å². The molecule has 3 amide bonds. The summed E-state index contributed by atoms with van der Waals surface area (Å²) < 4.78 is 0. The number of hydrogen-bond donors (Lipinski definition) is 1. The Kier molecular flexibility index (Phi) is 7.12. The molecule has 1 aromatic carbocycles. The van der Waals surface area contributed by atoms with Crippen LogP contribution in [0.15, 0.2) is 23.3 Å². The third kappa shape index (κ3) is 4.33. The molecule has 6 nitrogen and oxygen atoms in total. The lowest BCUT2D eigenvalue weighted by molar-refractivity contribution is -0.131. The van der Waals surface area contributed by atoms with Gasteiger partial charge in [0.25, 0.3) is 5.91 Å². The van der Waals surface area contributed by atoms with E-state index in [1.54, 1.807) is 31.7 Å². The second-order valence-corrected chi connectivity index (χ2v) is 7.66. The molecule has 1 unspecified atom stereocenters. The number of hydrogen-bond acceptors (Lipinski definition) is 4. The number of allylic oxidation sites excluding steroid dienone is 1. The Hall–Kier alpha value is -2.05. The number of nitrogens with one attached hydrogen (secondary N) is 1. The number of carbonyl (C=O) groups is 3. The van der Waals surface area contributed by atoms with Gasteiger partial charge in [0, 0.05) is 18.7 Å². The number of amides is 3. The van der Waals surface area contributed by atoms with Gasteiger partial charge in [-0.3, -0.25) is 14.4 Å². The maximum absolute atomic E-state index is 12.7. The molecule has 0 spiro atoms. The summed E-state index contributed by atoms with van der Waals surface area (Å²) in [7, 11) is 0. The summed E-state index contributed by atoms with van der Waals surface area (Å²) in [6.45, 7) is 10.3. The van der Waals surface area contributed by atoms with Gasteiger partial charge in [-0.2, -0.15) is 0 Å². The van der Waals surface area contributed by atoms with Crippen molar-refractivity contribution in [3.8, 4) is 0 Å². The monoisotopic (exact) mass is 425 g/mol. The highest BCUT2D eigenvalue weighted by Gasteiger charge is 2.37. The number of benzene rings is 1. The van der Waals surface area contributed by atoms with Crippen LogP contribution >= 0.6 is 23.2 Å². The first-order valence-electron chi connectivity index (χ1n) is 9.20. The molecule has 0 aromatic heterocycles. The molecule has 1 atom stereocenters. The van der Waals surface area contributed by atoms with Crippen LogP contribution in [0, 0.1) is 0 Å². The van der Waals surface area contributed by atoms with Crippen molar-refractivity contribution in [3.63, 3.8) is 0 Å². The molecule has 0 aliphatic carbocycles. The molecule has 2 rings (SSSR count). The lowest BCUT2D eigenvalue weighted by Crippen LogP contribution is -2.41. The SMILES string of the molecule is CCN(CC)C(=O)C(C)Nc1cc(N2C(=O)CC(=C(C)C)C2=O)c(Cl)cc1Cl. The van der Waals surface area contributed by atoms with Gasteiger partial charge in [0.15, 0.2) is 0 Å². The minimum atomic E-state index is -0.537. The number of anilines is 2. The second-order valence-electron chi connectivity index (χ2n) is 6.85. The van der Waals surface area contributed by atoms with Crippen molar-refractivity contribution in [1.82, 2.24) is 4.90 Å². The molecule has 1 heterocycles. The molecule has 1 aliphatic rings. The minimum Gasteiger partial charge on any atom is -0.373 e. The summed E-state index contributed by atoms with van der Waals surface area (Å²) in [5, 5.41) is 3.56. The van der Waals surface area contributed by atoms with Gasteiger partial charge in [0.2, 0.25) is 11.8 Å². The molecular formula is C20H25Cl2N3O3. The highest BCUT2D eigenvalue weighted by atomic mass is 35.5. The first kappa shape index (κ1) is 22.2. The van der Waals surface area contributed by atoms with Gasteiger partial charge in [-0.1, -0.05) is 28.8 Å². The van der Waals surface area contributed by atoms with Crippen molar-refractivity contribution < 1.29 is 14.4 Å². The van der Waals surface area contributed by atoms with Crippen LogP contribution in [0.1, 0.15) is 41.0 Å². The maximum Gasteiger partial charge on any atom is 0.261 e.